The topological polar surface area (TPSA) is 78.7 Å². The zero-order valence-corrected chi connectivity index (χ0v) is 15.5. The zero-order valence-electron chi connectivity index (χ0n) is 13.9. The number of hydrogen-bond acceptors (Lipinski definition) is 6. The fourth-order valence-corrected chi connectivity index (χ4v) is 2.89. The molecule has 2 aromatic heterocycles. The van der Waals surface area contributed by atoms with E-state index in [0.717, 1.165) is 50.1 Å². The second-order valence-electron chi connectivity index (χ2n) is 6.27. The first-order chi connectivity index (χ1) is 11.3. The van der Waals surface area contributed by atoms with E-state index in [1.165, 1.54) is 12.8 Å². The predicted molar refractivity (Wildman–Crippen MR) is 99.7 cm³/mol. The molecule has 8 nitrogen and oxygen atoms in total. The average Bonchev–Trinajstić information content (AvgIpc) is 3.29. The van der Waals surface area contributed by atoms with Crippen molar-refractivity contribution >= 4 is 42.2 Å². The quantitative estimate of drug-likeness (QED) is 0.809. The molecular weight excluding hydrogens is 365 g/mol. The Labute approximate surface area is 158 Å². The molecule has 0 bridgehead atoms. The highest BCUT2D eigenvalue weighted by atomic mass is 35.5. The van der Waals surface area contributed by atoms with Crippen LogP contribution in [0.5, 0.6) is 0 Å². The molecule has 1 saturated carbocycles. The smallest absolute Gasteiger partial charge is 0.236 e. The summed E-state index contributed by atoms with van der Waals surface area (Å²) < 4.78 is 1.68. The van der Waals surface area contributed by atoms with E-state index in [9.17, 15) is 4.79 Å². The summed E-state index contributed by atoms with van der Waals surface area (Å²) in [6, 6.07) is 3.87. The molecule has 2 aromatic rings. The molecule has 0 atom stereocenters. The molecule has 4 rings (SSSR count). The Hall–Kier alpha value is -1.64. The Balaban J connectivity index is 0.00000113. The van der Waals surface area contributed by atoms with Gasteiger partial charge < -0.3 is 15.1 Å². The zero-order chi connectivity index (χ0) is 15.6. The van der Waals surface area contributed by atoms with Gasteiger partial charge in [0.25, 0.3) is 0 Å². The molecule has 1 aliphatic heterocycles. The van der Waals surface area contributed by atoms with Crippen molar-refractivity contribution in [3.05, 3.63) is 18.5 Å². The number of nitrogens with one attached hydrogen (secondary N) is 1. The summed E-state index contributed by atoms with van der Waals surface area (Å²) in [5.74, 6) is 1.90. The molecule has 0 aromatic carbocycles. The van der Waals surface area contributed by atoms with Crippen LogP contribution in [0.15, 0.2) is 18.5 Å². The summed E-state index contributed by atoms with van der Waals surface area (Å²) in [6.07, 6.45) is 4.22. The van der Waals surface area contributed by atoms with Crippen molar-refractivity contribution in [2.24, 2.45) is 5.92 Å². The maximum atomic E-state index is 12.2. The molecule has 0 spiro atoms. The van der Waals surface area contributed by atoms with E-state index in [1.54, 1.807) is 10.8 Å². The Morgan fingerprint density at radius 1 is 1.16 bits per heavy atom. The summed E-state index contributed by atoms with van der Waals surface area (Å²) >= 11 is 0. The standard InChI is InChI=1S/C15H21N7O.2ClH/c23-15(10-16-9-12-1-2-12)21-7-5-20(6-8-21)14-4-3-13-18-17-11-22(13)19-14;;/h3-4,11-12,16H,1-2,5-10H2;2*1H. The van der Waals surface area contributed by atoms with Crippen LogP contribution < -0.4 is 10.2 Å². The highest BCUT2D eigenvalue weighted by Crippen LogP contribution is 2.27. The van der Waals surface area contributed by atoms with Crippen LogP contribution in [0.4, 0.5) is 5.82 Å². The first-order valence-electron chi connectivity index (χ1n) is 8.20. The third kappa shape index (κ3) is 4.71. The van der Waals surface area contributed by atoms with Crippen LogP contribution in [-0.2, 0) is 4.79 Å². The van der Waals surface area contributed by atoms with Crippen LogP contribution in [-0.4, -0.2) is 69.9 Å². The molecule has 1 aliphatic carbocycles. The van der Waals surface area contributed by atoms with Crippen molar-refractivity contribution < 1.29 is 4.79 Å². The molecule has 138 valence electrons. The van der Waals surface area contributed by atoms with Crippen molar-refractivity contribution in [1.82, 2.24) is 30.0 Å². The first-order valence-corrected chi connectivity index (χ1v) is 8.20. The Morgan fingerprint density at radius 2 is 1.92 bits per heavy atom. The van der Waals surface area contributed by atoms with Gasteiger partial charge in [-0.1, -0.05) is 0 Å². The first kappa shape index (κ1) is 19.7. The number of piperazine rings is 1. The Morgan fingerprint density at radius 3 is 2.64 bits per heavy atom. The lowest BCUT2D eigenvalue weighted by atomic mass is 10.3. The van der Waals surface area contributed by atoms with Crippen molar-refractivity contribution in [2.75, 3.05) is 44.2 Å². The summed E-state index contributed by atoms with van der Waals surface area (Å²) in [6.45, 7) is 4.53. The number of carbonyl (C=O) groups excluding carboxylic acids is 1. The monoisotopic (exact) mass is 387 g/mol. The number of hydrogen-bond donors (Lipinski definition) is 1. The Kier molecular flexibility index (Phi) is 6.80. The van der Waals surface area contributed by atoms with Gasteiger partial charge in [-0.15, -0.1) is 40.1 Å². The van der Waals surface area contributed by atoms with Gasteiger partial charge in [-0.3, -0.25) is 4.79 Å². The summed E-state index contributed by atoms with van der Waals surface area (Å²) in [5.41, 5.74) is 0.740. The number of anilines is 1. The van der Waals surface area contributed by atoms with E-state index in [1.807, 2.05) is 17.0 Å². The van der Waals surface area contributed by atoms with Crippen molar-refractivity contribution in [3.63, 3.8) is 0 Å². The van der Waals surface area contributed by atoms with Gasteiger partial charge in [-0.05, 0) is 37.4 Å². The largest absolute Gasteiger partial charge is 0.352 e. The maximum Gasteiger partial charge on any atom is 0.236 e. The number of halogens is 2. The predicted octanol–water partition coefficient (Wildman–Crippen LogP) is 0.616. The molecule has 0 unspecified atom stereocenters. The molecule has 25 heavy (non-hydrogen) atoms. The van der Waals surface area contributed by atoms with Gasteiger partial charge in [0, 0.05) is 26.2 Å². The summed E-state index contributed by atoms with van der Waals surface area (Å²) in [5, 5.41) is 15.6. The fourth-order valence-electron chi connectivity index (χ4n) is 2.89. The number of nitrogens with zero attached hydrogens (tertiary/aromatic N) is 6. The van der Waals surface area contributed by atoms with Gasteiger partial charge in [0.05, 0.1) is 6.54 Å². The van der Waals surface area contributed by atoms with Crippen LogP contribution in [0.25, 0.3) is 5.65 Å². The molecule has 1 N–H and O–H groups in total. The summed E-state index contributed by atoms with van der Waals surface area (Å²) in [4.78, 5) is 16.3. The van der Waals surface area contributed by atoms with Crippen molar-refractivity contribution in [3.8, 4) is 0 Å². The van der Waals surface area contributed by atoms with Gasteiger partial charge in [0.1, 0.15) is 12.1 Å². The number of amides is 1. The number of fused-ring (bicyclic) bond motifs is 1. The van der Waals surface area contributed by atoms with Crippen LogP contribution in [0.1, 0.15) is 12.8 Å². The van der Waals surface area contributed by atoms with E-state index in [4.69, 9.17) is 0 Å². The van der Waals surface area contributed by atoms with E-state index in [-0.39, 0.29) is 30.7 Å². The van der Waals surface area contributed by atoms with Gasteiger partial charge in [-0.2, -0.15) is 4.52 Å². The van der Waals surface area contributed by atoms with Gasteiger partial charge >= 0.3 is 0 Å². The van der Waals surface area contributed by atoms with E-state index in [2.05, 4.69) is 25.5 Å². The highest BCUT2D eigenvalue weighted by molar-refractivity contribution is 5.85. The lowest BCUT2D eigenvalue weighted by Crippen LogP contribution is -2.51. The number of aromatic nitrogens is 4. The van der Waals surface area contributed by atoms with Gasteiger partial charge in [-0.25, -0.2) is 0 Å². The maximum absolute atomic E-state index is 12.2. The molecule has 2 fully saturated rings. The normalized spacial score (nSPS) is 17.1. The third-order valence-corrected chi connectivity index (χ3v) is 4.51. The number of carbonyl (C=O) groups is 1. The van der Waals surface area contributed by atoms with Crippen LogP contribution in [0, 0.1) is 5.92 Å². The minimum Gasteiger partial charge on any atom is -0.352 e. The second-order valence-corrected chi connectivity index (χ2v) is 6.27. The third-order valence-electron chi connectivity index (χ3n) is 4.51. The van der Waals surface area contributed by atoms with E-state index >= 15 is 0 Å². The molecule has 1 amide bonds. The van der Waals surface area contributed by atoms with Crippen molar-refractivity contribution in [1.29, 1.82) is 0 Å². The van der Waals surface area contributed by atoms with Crippen LogP contribution in [0.3, 0.4) is 0 Å². The fraction of sp³-hybridized carbons (Fsp3) is 0.600. The highest BCUT2D eigenvalue weighted by Gasteiger charge is 2.24. The summed E-state index contributed by atoms with van der Waals surface area (Å²) in [7, 11) is 0. The molecule has 2 aliphatic rings. The second kappa shape index (κ2) is 8.64. The molecule has 3 heterocycles. The number of rotatable bonds is 5. The SMILES string of the molecule is Cl.Cl.O=C(CNCC1CC1)N1CCN(c2ccc3nncn3n2)CC1. The molecule has 0 radical (unpaired) electrons. The lowest BCUT2D eigenvalue weighted by molar-refractivity contribution is -0.130. The lowest BCUT2D eigenvalue weighted by Gasteiger charge is -2.35. The van der Waals surface area contributed by atoms with Crippen LogP contribution >= 0.6 is 24.8 Å². The minimum absolute atomic E-state index is 0. The average molecular weight is 388 g/mol. The van der Waals surface area contributed by atoms with Gasteiger partial charge in [0.2, 0.25) is 5.91 Å². The molecule has 10 heteroatoms. The van der Waals surface area contributed by atoms with Gasteiger partial charge in [0.15, 0.2) is 5.65 Å². The van der Waals surface area contributed by atoms with E-state index < -0.39 is 0 Å². The van der Waals surface area contributed by atoms with E-state index in [0.29, 0.717) is 6.54 Å². The molecular formula is C15H23Cl2N7O. The van der Waals surface area contributed by atoms with Crippen LogP contribution in [0.2, 0.25) is 0 Å². The molecule has 1 saturated heterocycles. The van der Waals surface area contributed by atoms with Crippen molar-refractivity contribution in [2.45, 2.75) is 12.8 Å². The Bertz CT molecular complexity index is 698. The minimum atomic E-state index is 0.